The number of nitrogens with zero attached hydrogens (tertiary/aromatic N) is 1. The second-order valence-corrected chi connectivity index (χ2v) is 7.94. The first-order valence-electron chi connectivity index (χ1n) is 8.43. The van der Waals surface area contributed by atoms with Crippen LogP contribution in [0.1, 0.15) is 21.9 Å². The van der Waals surface area contributed by atoms with E-state index in [4.69, 9.17) is 4.42 Å². The minimum absolute atomic E-state index is 0.149. The van der Waals surface area contributed by atoms with Crippen LogP contribution in [0.3, 0.4) is 0 Å². The molecule has 1 N–H and O–H groups in total. The second-order valence-electron chi connectivity index (χ2n) is 6.11. The Hall–Kier alpha value is -2.84. The highest BCUT2D eigenvalue weighted by molar-refractivity contribution is 7.98. The van der Waals surface area contributed by atoms with Gasteiger partial charge in [-0.25, -0.2) is 9.78 Å². The van der Waals surface area contributed by atoms with Gasteiger partial charge in [-0.2, -0.15) is 0 Å². The molecule has 0 amide bonds. The molecule has 6 nitrogen and oxygen atoms in total. The first-order valence-corrected chi connectivity index (χ1v) is 10.3. The first-order chi connectivity index (χ1) is 13.5. The van der Waals surface area contributed by atoms with Crippen molar-refractivity contribution in [1.29, 1.82) is 0 Å². The average molecular weight is 412 g/mol. The number of carbonyl (C=O) groups is 1. The number of hydrogen-bond acceptors (Lipinski definition) is 7. The molecule has 0 bridgehead atoms. The van der Waals surface area contributed by atoms with Gasteiger partial charge < -0.3 is 14.1 Å². The Labute approximate surface area is 168 Å². The fraction of sp³-hybridized carbons (Fsp3) is 0.150. The molecule has 0 saturated heterocycles. The minimum atomic E-state index is -0.522. The molecule has 0 atom stereocenters. The number of esters is 1. The number of thiophene rings is 1. The molecule has 0 spiro atoms. The van der Waals surface area contributed by atoms with E-state index >= 15 is 0 Å². The van der Waals surface area contributed by atoms with Crippen molar-refractivity contribution in [3.63, 3.8) is 0 Å². The number of hydrogen-bond donors (Lipinski definition) is 1. The molecule has 0 fully saturated rings. The molecule has 0 radical (unpaired) electrons. The number of H-pyrrole nitrogens is 1. The first kappa shape index (κ1) is 18.5. The number of aryl methyl sites for hydroxylation is 1. The van der Waals surface area contributed by atoms with Crippen molar-refractivity contribution in [1.82, 2.24) is 9.97 Å². The van der Waals surface area contributed by atoms with Crippen LogP contribution in [0, 0.1) is 6.92 Å². The Morgan fingerprint density at radius 2 is 2.04 bits per heavy atom. The number of aromatic nitrogens is 2. The molecule has 4 rings (SSSR count). The number of carbonyl (C=O) groups excluding carboxylic acids is 1. The summed E-state index contributed by atoms with van der Waals surface area (Å²) in [6, 6.07) is 11.3. The van der Waals surface area contributed by atoms with Crippen molar-refractivity contribution < 1.29 is 13.9 Å². The zero-order chi connectivity index (χ0) is 19.7. The summed E-state index contributed by atoms with van der Waals surface area (Å²) >= 11 is 2.78. The van der Waals surface area contributed by atoms with E-state index in [1.165, 1.54) is 35.8 Å². The molecule has 0 aliphatic heterocycles. The van der Waals surface area contributed by atoms with E-state index < -0.39 is 5.97 Å². The van der Waals surface area contributed by atoms with Gasteiger partial charge >= 0.3 is 5.97 Å². The van der Waals surface area contributed by atoms with E-state index in [1.807, 2.05) is 36.6 Å². The number of aromatic amines is 1. The Morgan fingerprint density at radius 3 is 2.79 bits per heavy atom. The van der Waals surface area contributed by atoms with Gasteiger partial charge in [0.05, 0.1) is 18.2 Å². The fourth-order valence-electron chi connectivity index (χ4n) is 2.75. The van der Waals surface area contributed by atoms with Crippen LogP contribution in [0.15, 0.2) is 56.1 Å². The van der Waals surface area contributed by atoms with Crippen LogP contribution in [0.25, 0.3) is 21.3 Å². The normalized spacial score (nSPS) is 11.1. The van der Waals surface area contributed by atoms with E-state index in [2.05, 4.69) is 14.7 Å². The molecule has 3 heterocycles. The molecule has 0 aliphatic rings. The summed E-state index contributed by atoms with van der Waals surface area (Å²) in [4.78, 5) is 32.2. The van der Waals surface area contributed by atoms with Gasteiger partial charge in [0.2, 0.25) is 5.76 Å². The number of rotatable bonds is 5. The quantitative estimate of drug-likeness (QED) is 0.292. The number of thioether (sulfide) groups is 1. The molecule has 28 heavy (non-hydrogen) atoms. The van der Waals surface area contributed by atoms with Crippen LogP contribution >= 0.6 is 23.1 Å². The lowest BCUT2D eigenvalue weighted by molar-refractivity contribution is 0.0563. The summed E-state index contributed by atoms with van der Waals surface area (Å²) in [6.07, 6.45) is 0. The minimum Gasteiger partial charge on any atom is -0.463 e. The van der Waals surface area contributed by atoms with Gasteiger partial charge in [-0.1, -0.05) is 41.6 Å². The van der Waals surface area contributed by atoms with Crippen LogP contribution in [0.2, 0.25) is 0 Å². The Bertz CT molecular complexity index is 1210. The number of furan rings is 1. The van der Waals surface area contributed by atoms with Gasteiger partial charge in [0.25, 0.3) is 5.56 Å². The summed E-state index contributed by atoms with van der Waals surface area (Å²) < 4.78 is 10.1. The van der Waals surface area contributed by atoms with Crippen molar-refractivity contribution in [3.05, 3.63) is 69.2 Å². The van der Waals surface area contributed by atoms with Gasteiger partial charge in [0, 0.05) is 10.9 Å². The van der Waals surface area contributed by atoms with Gasteiger partial charge in [-0.3, -0.25) is 4.79 Å². The largest absolute Gasteiger partial charge is 0.463 e. The molecule has 4 aromatic rings. The molecule has 8 heteroatoms. The Kier molecular flexibility index (Phi) is 5.06. The third-order valence-electron chi connectivity index (χ3n) is 4.18. The predicted octanol–water partition coefficient (Wildman–Crippen LogP) is 4.63. The summed E-state index contributed by atoms with van der Waals surface area (Å²) in [5, 5.41) is 3.07. The van der Waals surface area contributed by atoms with Crippen molar-refractivity contribution in [2.45, 2.75) is 17.8 Å². The number of ether oxygens (including phenoxy) is 1. The van der Waals surface area contributed by atoms with Crippen molar-refractivity contribution in [2.24, 2.45) is 0 Å². The third kappa shape index (κ3) is 3.61. The SMILES string of the molecule is COC(=O)c1ccc(CSc2nc3scc(-c4ccc(C)cc4)c3c(=O)[nH]2)o1. The average Bonchev–Trinajstić information content (AvgIpc) is 3.34. The topological polar surface area (TPSA) is 85.2 Å². The number of methoxy groups -OCH3 is 1. The Morgan fingerprint density at radius 1 is 1.25 bits per heavy atom. The van der Waals surface area contributed by atoms with E-state index in [1.54, 1.807) is 12.1 Å². The van der Waals surface area contributed by atoms with Crippen LogP contribution in [0.5, 0.6) is 0 Å². The number of fused-ring (bicyclic) bond motifs is 1. The number of nitrogens with one attached hydrogen (secondary N) is 1. The van der Waals surface area contributed by atoms with Gasteiger partial charge in [-0.05, 0) is 24.6 Å². The molecule has 3 aromatic heterocycles. The van der Waals surface area contributed by atoms with Crippen LogP contribution in [-0.4, -0.2) is 23.0 Å². The molecule has 0 saturated carbocycles. The van der Waals surface area contributed by atoms with Crippen LogP contribution < -0.4 is 5.56 Å². The maximum Gasteiger partial charge on any atom is 0.373 e. The van der Waals surface area contributed by atoms with Gasteiger partial charge in [0.1, 0.15) is 10.6 Å². The zero-order valence-electron chi connectivity index (χ0n) is 15.1. The summed E-state index contributed by atoms with van der Waals surface area (Å²) in [7, 11) is 1.30. The molecular formula is C20H16N2O4S2. The summed E-state index contributed by atoms with van der Waals surface area (Å²) in [6.45, 7) is 2.03. The molecular weight excluding hydrogens is 396 g/mol. The van der Waals surface area contributed by atoms with Gasteiger partial charge in [0.15, 0.2) is 5.16 Å². The molecule has 142 valence electrons. The summed E-state index contributed by atoms with van der Waals surface area (Å²) in [5.41, 5.74) is 2.89. The Balaban J connectivity index is 1.58. The lowest BCUT2D eigenvalue weighted by atomic mass is 10.1. The van der Waals surface area contributed by atoms with E-state index in [9.17, 15) is 9.59 Å². The standard InChI is InChI=1S/C20H16N2O4S2/c1-11-3-5-12(6-4-11)14-10-27-18-16(14)17(23)21-20(22-18)28-9-13-7-8-15(26-13)19(24)25-2/h3-8,10H,9H2,1-2H3,(H,21,22,23). The highest BCUT2D eigenvalue weighted by atomic mass is 32.2. The monoisotopic (exact) mass is 412 g/mol. The number of benzene rings is 1. The summed E-state index contributed by atoms with van der Waals surface area (Å²) in [5.74, 6) is 0.656. The highest BCUT2D eigenvalue weighted by Gasteiger charge is 2.15. The van der Waals surface area contributed by atoms with E-state index in [0.717, 1.165) is 11.1 Å². The van der Waals surface area contributed by atoms with E-state index in [0.29, 0.717) is 26.9 Å². The maximum absolute atomic E-state index is 12.7. The van der Waals surface area contributed by atoms with Crippen molar-refractivity contribution in [2.75, 3.05) is 7.11 Å². The smallest absolute Gasteiger partial charge is 0.373 e. The molecule has 1 aromatic carbocycles. The zero-order valence-corrected chi connectivity index (χ0v) is 16.8. The predicted molar refractivity (Wildman–Crippen MR) is 110 cm³/mol. The second kappa shape index (κ2) is 7.65. The van der Waals surface area contributed by atoms with Crippen molar-refractivity contribution in [3.8, 4) is 11.1 Å². The lowest BCUT2D eigenvalue weighted by Gasteiger charge is -2.02. The highest BCUT2D eigenvalue weighted by Crippen LogP contribution is 2.32. The fourth-order valence-corrected chi connectivity index (χ4v) is 4.51. The molecule has 0 unspecified atom stereocenters. The maximum atomic E-state index is 12.7. The van der Waals surface area contributed by atoms with Crippen LogP contribution in [-0.2, 0) is 10.5 Å². The molecule has 0 aliphatic carbocycles. The van der Waals surface area contributed by atoms with Gasteiger partial charge in [-0.15, -0.1) is 11.3 Å². The lowest BCUT2D eigenvalue weighted by Crippen LogP contribution is -2.08. The van der Waals surface area contributed by atoms with Crippen molar-refractivity contribution >= 4 is 39.3 Å². The van der Waals surface area contributed by atoms with E-state index in [-0.39, 0.29) is 11.3 Å². The third-order valence-corrected chi connectivity index (χ3v) is 5.95. The van der Waals surface area contributed by atoms with Crippen LogP contribution in [0.4, 0.5) is 0 Å².